The van der Waals surface area contributed by atoms with Crippen LogP contribution in [-0.4, -0.2) is 208 Å². The van der Waals surface area contributed by atoms with Crippen LogP contribution in [0.4, 0.5) is 14.5 Å². The maximum Gasteiger partial charge on any atom is 0.309 e. The highest BCUT2D eigenvalue weighted by atomic mass is 19.1. The summed E-state index contributed by atoms with van der Waals surface area (Å²) in [5.74, 6) is -3.28. The molecule has 6 rings (SSSR count). The summed E-state index contributed by atoms with van der Waals surface area (Å²) in [5, 5.41) is 69.0. The molecule has 0 saturated carbocycles. The van der Waals surface area contributed by atoms with Crippen molar-refractivity contribution >= 4 is 11.7 Å². The molecule has 75 heavy (non-hydrogen) atoms. The third-order valence-corrected chi connectivity index (χ3v) is 17.6. The molecule has 21 atom stereocenters. The summed E-state index contributed by atoms with van der Waals surface area (Å²) in [7, 11) is 6.78. The van der Waals surface area contributed by atoms with Crippen molar-refractivity contribution in [3.8, 4) is 0 Å². The average Bonchev–Trinajstić information content (AvgIpc) is 4.03. The van der Waals surface area contributed by atoms with Crippen molar-refractivity contribution < 1.29 is 67.5 Å². The van der Waals surface area contributed by atoms with Crippen LogP contribution in [0.25, 0.3) is 0 Å². The number of halogens is 2. The van der Waals surface area contributed by atoms with Crippen LogP contribution in [0.3, 0.4) is 0 Å². The molecule has 0 spiro atoms. The Hall–Kier alpha value is -2.99. The maximum atomic E-state index is 14.9. The van der Waals surface area contributed by atoms with Gasteiger partial charge in [-0.3, -0.25) is 4.79 Å². The van der Waals surface area contributed by atoms with Crippen molar-refractivity contribution in [1.29, 1.82) is 0 Å². The summed E-state index contributed by atoms with van der Waals surface area (Å²) >= 11 is 0. The second-order valence-electron chi connectivity index (χ2n) is 23.5. The van der Waals surface area contributed by atoms with Crippen LogP contribution in [0.1, 0.15) is 125 Å². The first-order valence-electron chi connectivity index (χ1n) is 27.3. The van der Waals surface area contributed by atoms with Gasteiger partial charge in [-0.2, -0.15) is 0 Å². The molecule has 18 nitrogen and oxygen atoms in total. The summed E-state index contributed by atoms with van der Waals surface area (Å²) in [6.07, 6.45) is -6.72. The molecule has 1 unspecified atom stereocenters. The number of ether oxygens (including phenoxy) is 6. The fourth-order valence-electron chi connectivity index (χ4n) is 12.9. The number of methoxy groups -OCH3 is 2. The van der Waals surface area contributed by atoms with Crippen molar-refractivity contribution in [3.05, 3.63) is 41.7 Å². The minimum atomic E-state index is -1.83. The number of likely N-dealkylation sites (N-methyl/N-ethyl adjacent to an activating group) is 2. The number of hydrogen-bond acceptors (Lipinski definition) is 17. The van der Waals surface area contributed by atoms with Gasteiger partial charge in [-0.05, 0) is 111 Å². The number of nitrogens with zero attached hydrogens (tertiary/aromatic N) is 6. The summed E-state index contributed by atoms with van der Waals surface area (Å²) in [6.45, 7) is 18.8. The molecule has 2 aromatic rings. The van der Waals surface area contributed by atoms with Crippen molar-refractivity contribution in [2.75, 3.05) is 66.1 Å². The summed E-state index contributed by atoms with van der Waals surface area (Å²) < 4.78 is 68.3. The van der Waals surface area contributed by atoms with Gasteiger partial charge in [-0.1, -0.05) is 45.0 Å². The molecular formula is C55H92F2N6O12. The van der Waals surface area contributed by atoms with Crippen LogP contribution in [-0.2, 0) is 39.6 Å². The largest absolute Gasteiger partial charge is 0.459 e. The average molecular weight is 1070 g/mol. The third-order valence-electron chi connectivity index (χ3n) is 17.6. The molecule has 0 bridgehead atoms. The number of aliphatic hydroxyl groups excluding tert-OH is 3. The van der Waals surface area contributed by atoms with Gasteiger partial charge < -0.3 is 68.7 Å². The van der Waals surface area contributed by atoms with Crippen LogP contribution in [0, 0.1) is 23.7 Å². The predicted octanol–water partition coefficient (Wildman–Crippen LogP) is 4.83. The Morgan fingerprint density at radius 2 is 1.65 bits per heavy atom. The third kappa shape index (κ3) is 13.7. The zero-order valence-electron chi connectivity index (χ0n) is 47.1. The van der Waals surface area contributed by atoms with Crippen LogP contribution in [0.2, 0.25) is 0 Å². The number of aromatic nitrogens is 3. The minimum absolute atomic E-state index is 0.168. The standard InChI is InChI=1S/C55H92F2N6O12/c1-15-44-55(10,69)48(65)35(6)61(12)28-31(2)25-53(8,68)50(33(4)45(34(5)51(67)74-44)43-26-54(9,71-14)49(66)36(7)73-43)75-52-46(64)41(24-32(3)72-52)60(11)22-21-39-30-63(59-58-39)42(27-56)47(70-13)37-16-18-40(19-17-37)62-23-20-38(57)29-62/h16-19,30-36,38,41-50,52,64-66,68-69H,15,20-29H2,1-14H3/t31-,32-,33+,34-,35-,36+,38+,41+,42-,43?,44-,45+,46-,47-,48-,49+,50-,52+,53-,54-,55-/m1/s1. The fourth-order valence-corrected chi connectivity index (χ4v) is 12.9. The lowest BCUT2D eigenvalue weighted by Gasteiger charge is -2.51. The number of alkyl halides is 2. The predicted molar refractivity (Wildman–Crippen MR) is 278 cm³/mol. The van der Waals surface area contributed by atoms with Gasteiger partial charge in [0.25, 0.3) is 0 Å². The van der Waals surface area contributed by atoms with Gasteiger partial charge >= 0.3 is 5.97 Å². The summed E-state index contributed by atoms with van der Waals surface area (Å²) in [4.78, 5) is 20.6. The van der Waals surface area contributed by atoms with E-state index in [0.717, 1.165) is 11.3 Å². The number of anilines is 1. The smallest absolute Gasteiger partial charge is 0.309 e. The SMILES string of the molecule is CC[C@H]1OC(=O)[C@H](C)[C@@H](C2C[C@@](C)(OC)[C@@H](O)[C@H](C)O2)[C@H](C)[C@@H](O[C@@H]2O[C@H](C)C[C@H](N(C)CCc3cn([C@H](CF)[C@H](OC)c4ccc(N5CC[C@H](F)C5)cc4)nn3)[C@H]2O)[C@](C)(O)C[C@@H](C)CN(C)[C@H](C)[C@@H](O)[C@]1(C)O. The van der Waals surface area contributed by atoms with Crippen molar-refractivity contribution in [2.45, 2.75) is 210 Å². The van der Waals surface area contributed by atoms with Gasteiger partial charge in [0.2, 0.25) is 0 Å². The molecule has 4 saturated heterocycles. The Labute approximate surface area is 444 Å². The van der Waals surface area contributed by atoms with Gasteiger partial charge in [0.05, 0.1) is 47.2 Å². The number of hydrogen-bond donors (Lipinski definition) is 5. The number of carbonyl (C=O) groups is 1. The second kappa shape index (κ2) is 25.4. The molecule has 428 valence electrons. The van der Waals surface area contributed by atoms with E-state index in [9.17, 15) is 39.1 Å². The van der Waals surface area contributed by atoms with E-state index in [1.165, 1.54) is 25.8 Å². The zero-order chi connectivity index (χ0) is 55.5. The number of esters is 1. The van der Waals surface area contributed by atoms with Crippen molar-refractivity contribution in [1.82, 2.24) is 24.8 Å². The second-order valence-corrected chi connectivity index (χ2v) is 23.5. The Morgan fingerprint density at radius 3 is 2.25 bits per heavy atom. The monoisotopic (exact) mass is 1070 g/mol. The van der Waals surface area contributed by atoms with Gasteiger partial charge in [-0.25, -0.2) is 13.5 Å². The molecule has 0 amide bonds. The normalized spacial score (nSPS) is 41.0. The van der Waals surface area contributed by atoms with Crippen LogP contribution >= 0.6 is 0 Å². The minimum Gasteiger partial charge on any atom is -0.459 e. The maximum absolute atomic E-state index is 14.9. The van der Waals surface area contributed by atoms with Gasteiger partial charge in [0.1, 0.15) is 55.0 Å². The molecule has 5 N–H and O–H groups in total. The number of rotatable bonds is 15. The van der Waals surface area contributed by atoms with E-state index in [1.807, 2.05) is 73.8 Å². The van der Waals surface area contributed by atoms with E-state index in [2.05, 4.69) is 10.3 Å². The number of aliphatic hydroxyl groups is 5. The first-order valence-corrected chi connectivity index (χ1v) is 27.3. The molecule has 0 aliphatic carbocycles. The number of cyclic esters (lactones) is 1. The van der Waals surface area contributed by atoms with Gasteiger partial charge in [-0.15, -0.1) is 5.10 Å². The van der Waals surface area contributed by atoms with Gasteiger partial charge in [0.15, 0.2) is 6.29 Å². The first-order chi connectivity index (χ1) is 35.2. The first kappa shape index (κ1) is 61.2. The quantitative estimate of drug-likeness (QED) is 0.151. The molecule has 5 heterocycles. The molecule has 1 aromatic carbocycles. The molecule has 4 fully saturated rings. The van der Waals surface area contributed by atoms with Crippen LogP contribution in [0.15, 0.2) is 30.5 Å². The summed E-state index contributed by atoms with van der Waals surface area (Å²) in [5.41, 5.74) is -2.28. The highest BCUT2D eigenvalue weighted by Crippen LogP contribution is 2.45. The molecule has 1 aromatic heterocycles. The lowest BCUT2D eigenvalue weighted by Crippen LogP contribution is -2.62. The molecule has 4 aliphatic heterocycles. The van der Waals surface area contributed by atoms with Gasteiger partial charge in [0, 0.05) is 83.1 Å². The Kier molecular flexibility index (Phi) is 20.8. The molecule has 4 aliphatic rings. The van der Waals surface area contributed by atoms with E-state index < -0.39 is 133 Å². The highest BCUT2D eigenvalue weighted by molar-refractivity contribution is 5.73. The zero-order valence-corrected chi connectivity index (χ0v) is 47.1. The number of carbonyl (C=O) groups excluding carboxylic acids is 1. The number of benzene rings is 1. The van der Waals surface area contributed by atoms with E-state index in [-0.39, 0.29) is 25.2 Å². The van der Waals surface area contributed by atoms with E-state index in [4.69, 9.17) is 28.4 Å². The fraction of sp³-hybridized carbons (Fsp3) is 0.836. The van der Waals surface area contributed by atoms with E-state index in [1.54, 1.807) is 47.7 Å². The highest BCUT2D eigenvalue weighted by Gasteiger charge is 2.55. The molecular weight excluding hydrogens is 975 g/mol. The van der Waals surface area contributed by atoms with Crippen molar-refractivity contribution in [2.24, 2.45) is 23.7 Å². The Bertz CT molecular complexity index is 2110. The van der Waals surface area contributed by atoms with Crippen molar-refractivity contribution in [3.63, 3.8) is 0 Å². The van der Waals surface area contributed by atoms with Crippen LogP contribution < -0.4 is 4.90 Å². The molecule has 20 heteroatoms. The molecule has 0 radical (unpaired) electrons. The summed E-state index contributed by atoms with van der Waals surface area (Å²) in [6, 6.07) is 5.68. The topological polar surface area (TPSA) is 214 Å². The van der Waals surface area contributed by atoms with E-state index >= 15 is 0 Å². The van der Waals surface area contributed by atoms with Crippen LogP contribution in [0.5, 0.6) is 0 Å². The van der Waals surface area contributed by atoms with E-state index in [0.29, 0.717) is 51.1 Å². The Balaban J connectivity index is 1.26. The lowest BCUT2D eigenvalue weighted by atomic mass is 9.68. The Morgan fingerprint density at radius 1 is 0.973 bits per heavy atom. The lowest BCUT2D eigenvalue weighted by molar-refractivity contribution is -0.302.